The van der Waals surface area contributed by atoms with Gasteiger partial charge >= 0.3 is 0 Å². The largest absolute Gasteiger partial charge is 0.459 e. The summed E-state index contributed by atoms with van der Waals surface area (Å²) in [6, 6.07) is 0.275. The van der Waals surface area contributed by atoms with Crippen molar-refractivity contribution in [3.05, 3.63) is 11.8 Å². The molecule has 0 aromatic heterocycles. The number of aliphatic hydroxyl groups excluding tert-OH is 1. The molecule has 0 unspecified atom stereocenters. The average molecular weight is 394 g/mol. The SMILES string of the molecule is CCO[C@@H]1OC(C(=O)NC2CCCCC2)=C[C@H](C2CCCCC2)[C@H]1CCCO. The summed E-state index contributed by atoms with van der Waals surface area (Å²) in [6.07, 6.45) is 15.4. The predicted octanol–water partition coefficient (Wildman–Crippen LogP) is 4.30. The van der Waals surface area contributed by atoms with E-state index in [9.17, 15) is 9.90 Å². The fraction of sp³-hybridized carbons (Fsp3) is 0.870. The van der Waals surface area contributed by atoms with Crippen LogP contribution in [0, 0.1) is 17.8 Å². The summed E-state index contributed by atoms with van der Waals surface area (Å²) in [5.41, 5.74) is 0. The van der Waals surface area contributed by atoms with Crippen molar-refractivity contribution in [1.29, 1.82) is 0 Å². The number of rotatable bonds is 8. The third-order valence-corrected chi connectivity index (χ3v) is 6.82. The number of carbonyl (C=O) groups excluding carboxylic acids is 1. The molecule has 160 valence electrons. The van der Waals surface area contributed by atoms with Gasteiger partial charge in [0.25, 0.3) is 5.91 Å². The van der Waals surface area contributed by atoms with E-state index in [1.54, 1.807) is 0 Å². The molecule has 3 rings (SSSR count). The van der Waals surface area contributed by atoms with Crippen LogP contribution in [-0.4, -0.2) is 36.6 Å². The van der Waals surface area contributed by atoms with Gasteiger partial charge in [-0.15, -0.1) is 0 Å². The molecule has 5 nitrogen and oxygen atoms in total. The van der Waals surface area contributed by atoms with Crippen LogP contribution in [0.3, 0.4) is 0 Å². The highest BCUT2D eigenvalue weighted by Crippen LogP contribution is 2.42. The molecular weight excluding hydrogens is 354 g/mol. The van der Waals surface area contributed by atoms with Crippen molar-refractivity contribution in [3.63, 3.8) is 0 Å². The summed E-state index contributed by atoms with van der Waals surface area (Å²) in [6.45, 7) is 2.73. The van der Waals surface area contributed by atoms with Crippen molar-refractivity contribution >= 4 is 5.91 Å². The molecule has 0 bridgehead atoms. The number of carbonyl (C=O) groups is 1. The highest BCUT2D eigenvalue weighted by molar-refractivity contribution is 5.91. The van der Waals surface area contributed by atoms with Gasteiger partial charge in [0.1, 0.15) is 0 Å². The first-order chi connectivity index (χ1) is 13.7. The molecular formula is C23H39NO4. The second kappa shape index (κ2) is 11.2. The number of hydrogen-bond acceptors (Lipinski definition) is 4. The van der Waals surface area contributed by atoms with Gasteiger partial charge in [0.2, 0.25) is 6.29 Å². The minimum atomic E-state index is -0.388. The quantitative estimate of drug-likeness (QED) is 0.645. The number of allylic oxidation sites excluding steroid dienone is 1. The molecule has 3 atom stereocenters. The second-order valence-corrected chi connectivity index (χ2v) is 8.79. The van der Waals surface area contributed by atoms with Gasteiger partial charge in [0.05, 0.1) is 0 Å². The zero-order chi connectivity index (χ0) is 19.8. The van der Waals surface area contributed by atoms with Gasteiger partial charge in [-0.3, -0.25) is 4.79 Å². The van der Waals surface area contributed by atoms with E-state index in [0.29, 0.717) is 24.2 Å². The molecule has 0 aromatic carbocycles. The smallest absolute Gasteiger partial charge is 0.286 e. The van der Waals surface area contributed by atoms with Gasteiger partial charge in [0, 0.05) is 25.2 Å². The monoisotopic (exact) mass is 393 g/mol. The standard InChI is InChI=1S/C23H39NO4/c1-2-27-23-19(14-9-15-25)20(17-10-5-3-6-11-17)16-21(28-23)22(26)24-18-12-7-4-8-13-18/h16-20,23,25H,2-15H2,1H3,(H,24,26)/t19-,20-,23-/m1/s1. The summed E-state index contributed by atoms with van der Waals surface area (Å²) in [5.74, 6) is 1.48. The summed E-state index contributed by atoms with van der Waals surface area (Å²) < 4.78 is 12.1. The normalized spacial score (nSPS) is 29.8. The lowest BCUT2D eigenvalue weighted by atomic mass is 9.71. The minimum Gasteiger partial charge on any atom is -0.459 e. The van der Waals surface area contributed by atoms with Crippen LogP contribution in [-0.2, 0) is 14.3 Å². The van der Waals surface area contributed by atoms with Gasteiger partial charge in [-0.05, 0) is 63.4 Å². The Kier molecular flexibility index (Phi) is 8.66. The third-order valence-electron chi connectivity index (χ3n) is 6.82. The van der Waals surface area contributed by atoms with Crippen molar-refractivity contribution in [2.45, 2.75) is 96.3 Å². The number of nitrogens with one attached hydrogen (secondary N) is 1. The van der Waals surface area contributed by atoms with E-state index < -0.39 is 0 Å². The van der Waals surface area contributed by atoms with Crippen LogP contribution in [0.5, 0.6) is 0 Å². The molecule has 0 saturated heterocycles. The van der Waals surface area contributed by atoms with Crippen molar-refractivity contribution in [1.82, 2.24) is 5.32 Å². The molecule has 5 heteroatoms. The van der Waals surface area contributed by atoms with E-state index in [2.05, 4.69) is 11.4 Å². The summed E-state index contributed by atoms with van der Waals surface area (Å²) >= 11 is 0. The summed E-state index contributed by atoms with van der Waals surface area (Å²) in [7, 11) is 0. The Labute approximate surface area is 170 Å². The first kappa shape index (κ1) is 21.6. The zero-order valence-electron chi connectivity index (χ0n) is 17.5. The summed E-state index contributed by atoms with van der Waals surface area (Å²) in [5, 5.41) is 12.6. The van der Waals surface area contributed by atoms with E-state index in [1.807, 2.05) is 6.92 Å². The van der Waals surface area contributed by atoms with Gasteiger partial charge in [0.15, 0.2) is 5.76 Å². The molecule has 3 aliphatic rings. The highest BCUT2D eigenvalue weighted by atomic mass is 16.7. The fourth-order valence-electron chi connectivity index (χ4n) is 5.35. The first-order valence-corrected chi connectivity index (χ1v) is 11.6. The highest BCUT2D eigenvalue weighted by Gasteiger charge is 2.41. The van der Waals surface area contributed by atoms with Crippen molar-refractivity contribution in [3.8, 4) is 0 Å². The van der Waals surface area contributed by atoms with Gasteiger partial charge < -0.3 is 19.9 Å². The molecule has 2 aliphatic carbocycles. The molecule has 28 heavy (non-hydrogen) atoms. The van der Waals surface area contributed by atoms with Crippen LogP contribution in [0.1, 0.15) is 84.0 Å². The Bertz CT molecular complexity index is 509. The number of hydrogen-bond donors (Lipinski definition) is 2. The van der Waals surface area contributed by atoms with Crippen LogP contribution >= 0.6 is 0 Å². The Hall–Kier alpha value is -1.07. The number of amides is 1. The molecule has 0 spiro atoms. The zero-order valence-corrected chi connectivity index (χ0v) is 17.5. The fourth-order valence-corrected chi connectivity index (χ4v) is 5.35. The Morgan fingerprint density at radius 3 is 2.46 bits per heavy atom. The molecule has 1 heterocycles. The van der Waals surface area contributed by atoms with Crippen LogP contribution < -0.4 is 5.32 Å². The van der Waals surface area contributed by atoms with E-state index >= 15 is 0 Å². The number of ether oxygens (including phenoxy) is 2. The van der Waals surface area contributed by atoms with Crippen LogP contribution in [0.25, 0.3) is 0 Å². The number of aliphatic hydroxyl groups is 1. The van der Waals surface area contributed by atoms with Crippen molar-refractivity contribution in [2.24, 2.45) is 17.8 Å². The molecule has 0 radical (unpaired) electrons. The van der Waals surface area contributed by atoms with Gasteiger partial charge in [-0.25, -0.2) is 0 Å². The molecule has 1 aliphatic heterocycles. The Balaban J connectivity index is 1.77. The predicted molar refractivity (Wildman–Crippen MR) is 109 cm³/mol. The topological polar surface area (TPSA) is 67.8 Å². The van der Waals surface area contributed by atoms with Gasteiger partial charge in [-0.2, -0.15) is 0 Å². The van der Waals surface area contributed by atoms with Gasteiger partial charge in [-0.1, -0.05) is 38.5 Å². The lowest BCUT2D eigenvalue weighted by molar-refractivity contribution is -0.177. The average Bonchev–Trinajstić information content (AvgIpc) is 2.74. The van der Waals surface area contributed by atoms with Crippen molar-refractivity contribution in [2.75, 3.05) is 13.2 Å². The van der Waals surface area contributed by atoms with E-state index in [1.165, 1.54) is 51.4 Å². The Morgan fingerprint density at radius 2 is 1.82 bits per heavy atom. The Morgan fingerprint density at radius 1 is 1.14 bits per heavy atom. The van der Waals surface area contributed by atoms with Crippen LogP contribution in [0.2, 0.25) is 0 Å². The van der Waals surface area contributed by atoms with E-state index in [-0.39, 0.29) is 30.8 Å². The molecule has 1 amide bonds. The molecule has 0 aromatic rings. The van der Waals surface area contributed by atoms with Crippen LogP contribution in [0.4, 0.5) is 0 Å². The maximum atomic E-state index is 13.0. The lowest BCUT2D eigenvalue weighted by Crippen LogP contribution is -2.44. The first-order valence-electron chi connectivity index (χ1n) is 11.6. The summed E-state index contributed by atoms with van der Waals surface area (Å²) in [4.78, 5) is 13.0. The lowest BCUT2D eigenvalue weighted by Gasteiger charge is -2.41. The van der Waals surface area contributed by atoms with Crippen molar-refractivity contribution < 1.29 is 19.4 Å². The molecule has 2 saturated carbocycles. The maximum Gasteiger partial charge on any atom is 0.286 e. The maximum absolute atomic E-state index is 13.0. The molecule has 2 N–H and O–H groups in total. The van der Waals surface area contributed by atoms with Crippen LogP contribution in [0.15, 0.2) is 11.8 Å². The molecule has 2 fully saturated rings. The second-order valence-electron chi connectivity index (χ2n) is 8.79. The van der Waals surface area contributed by atoms with E-state index in [4.69, 9.17) is 9.47 Å². The third kappa shape index (κ3) is 5.73. The minimum absolute atomic E-state index is 0.0713. The van der Waals surface area contributed by atoms with E-state index in [0.717, 1.165) is 25.7 Å².